The van der Waals surface area contributed by atoms with Gasteiger partial charge in [-0.05, 0) is 6.42 Å². The molecule has 2 heterocycles. The first-order chi connectivity index (χ1) is 7.78. The van der Waals surface area contributed by atoms with Gasteiger partial charge in [0.1, 0.15) is 23.0 Å². The molecule has 16 heavy (non-hydrogen) atoms. The molecule has 0 bridgehead atoms. The summed E-state index contributed by atoms with van der Waals surface area (Å²) in [6.45, 7) is 2.79. The van der Waals surface area contributed by atoms with Gasteiger partial charge in [-0.3, -0.25) is 0 Å². The monoisotopic (exact) mass is 235 g/mol. The number of hydrogen-bond donors (Lipinski definition) is 2. The van der Waals surface area contributed by atoms with E-state index >= 15 is 0 Å². The van der Waals surface area contributed by atoms with E-state index in [1.807, 2.05) is 6.20 Å². The van der Waals surface area contributed by atoms with Crippen molar-refractivity contribution in [1.29, 1.82) is 0 Å². The number of rotatable bonds is 4. The van der Waals surface area contributed by atoms with Crippen LogP contribution in [0.5, 0.6) is 0 Å². The molecule has 2 aromatic heterocycles. The number of hydrogen-bond acceptors (Lipinski definition) is 6. The predicted octanol–water partition coefficient (Wildman–Crippen LogP) is 1.69. The first-order valence-electron chi connectivity index (χ1n) is 5.03. The van der Waals surface area contributed by atoms with Gasteiger partial charge in [-0.1, -0.05) is 6.92 Å². The molecule has 2 aromatic rings. The highest BCUT2D eigenvalue weighted by Crippen LogP contribution is 2.14. The standard InChI is InChI=1S/C10H13N5S/c1-2-7-4-13-10(16-7)5-12-9-3-8(11)14-6-15-9/h3-4,6H,2,5H2,1H3,(H3,11,12,14,15). The summed E-state index contributed by atoms with van der Waals surface area (Å²) in [7, 11) is 0. The zero-order valence-corrected chi connectivity index (χ0v) is 9.79. The third kappa shape index (κ3) is 2.66. The number of aryl methyl sites for hydroxylation is 1. The van der Waals surface area contributed by atoms with Crippen LogP contribution in [0.25, 0.3) is 0 Å². The number of thiazole rings is 1. The molecule has 5 nitrogen and oxygen atoms in total. The van der Waals surface area contributed by atoms with E-state index in [4.69, 9.17) is 5.73 Å². The molecule has 0 saturated carbocycles. The molecule has 0 fully saturated rings. The zero-order chi connectivity index (χ0) is 11.4. The highest BCUT2D eigenvalue weighted by molar-refractivity contribution is 7.11. The van der Waals surface area contributed by atoms with Crippen LogP contribution in [0.3, 0.4) is 0 Å². The number of nitrogens with two attached hydrogens (primary N) is 1. The van der Waals surface area contributed by atoms with Crippen molar-refractivity contribution in [2.24, 2.45) is 0 Å². The van der Waals surface area contributed by atoms with Crippen LogP contribution in [0.4, 0.5) is 11.6 Å². The maximum absolute atomic E-state index is 5.55. The Hall–Kier alpha value is -1.69. The molecule has 0 aromatic carbocycles. The van der Waals surface area contributed by atoms with E-state index in [1.165, 1.54) is 11.2 Å². The van der Waals surface area contributed by atoms with E-state index in [0.717, 1.165) is 17.2 Å². The van der Waals surface area contributed by atoms with Crippen LogP contribution in [0, 0.1) is 0 Å². The number of aromatic nitrogens is 3. The second kappa shape index (κ2) is 4.89. The molecule has 0 aliphatic rings. The molecule has 2 rings (SSSR count). The fraction of sp³-hybridized carbons (Fsp3) is 0.300. The Morgan fingerprint density at radius 2 is 2.25 bits per heavy atom. The van der Waals surface area contributed by atoms with Crippen LogP contribution in [-0.4, -0.2) is 15.0 Å². The van der Waals surface area contributed by atoms with Crippen molar-refractivity contribution in [2.45, 2.75) is 19.9 Å². The molecule has 84 valence electrons. The van der Waals surface area contributed by atoms with Crippen LogP contribution < -0.4 is 11.1 Å². The SMILES string of the molecule is CCc1cnc(CNc2cc(N)ncn2)s1. The quantitative estimate of drug-likeness (QED) is 0.843. The van der Waals surface area contributed by atoms with E-state index < -0.39 is 0 Å². The minimum absolute atomic E-state index is 0.464. The van der Waals surface area contributed by atoms with Crippen LogP contribution in [0.2, 0.25) is 0 Å². The molecule has 0 unspecified atom stereocenters. The highest BCUT2D eigenvalue weighted by Gasteiger charge is 2.01. The van der Waals surface area contributed by atoms with Gasteiger partial charge in [0, 0.05) is 17.1 Å². The number of nitrogen functional groups attached to an aromatic ring is 1. The summed E-state index contributed by atoms with van der Waals surface area (Å²) in [5.74, 6) is 1.19. The zero-order valence-electron chi connectivity index (χ0n) is 8.97. The maximum Gasteiger partial charge on any atom is 0.131 e. The van der Waals surface area contributed by atoms with Gasteiger partial charge in [-0.15, -0.1) is 11.3 Å². The third-order valence-electron chi connectivity index (χ3n) is 2.06. The highest BCUT2D eigenvalue weighted by atomic mass is 32.1. The molecule has 0 amide bonds. The Morgan fingerprint density at radius 3 is 2.94 bits per heavy atom. The van der Waals surface area contributed by atoms with Crippen molar-refractivity contribution in [3.63, 3.8) is 0 Å². The fourth-order valence-corrected chi connectivity index (χ4v) is 2.03. The van der Waals surface area contributed by atoms with Crippen molar-refractivity contribution < 1.29 is 0 Å². The van der Waals surface area contributed by atoms with Gasteiger partial charge in [0.25, 0.3) is 0 Å². The fourth-order valence-electron chi connectivity index (χ4n) is 1.23. The summed E-state index contributed by atoms with van der Waals surface area (Å²) in [4.78, 5) is 13.5. The maximum atomic E-state index is 5.55. The Bertz CT molecular complexity index is 468. The van der Waals surface area contributed by atoms with Crippen LogP contribution in [0.15, 0.2) is 18.6 Å². The lowest BCUT2D eigenvalue weighted by Gasteiger charge is -2.02. The van der Waals surface area contributed by atoms with E-state index in [0.29, 0.717) is 12.4 Å². The number of nitrogens with one attached hydrogen (secondary N) is 1. The van der Waals surface area contributed by atoms with Gasteiger partial charge in [-0.25, -0.2) is 15.0 Å². The van der Waals surface area contributed by atoms with Crippen molar-refractivity contribution >= 4 is 23.0 Å². The average molecular weight is 235 g/mol. The Balaban J connectivity index is 1.96. The first kappa shape index (κ1) is 10.8. The lowest BCUT2D eigenvalue weighted by atomic mass is 10.4. The van der Waals surface area contributed by atoms with Gasteiger partial charge >= 0.3 is 0 Å². The lowest BCUT2D eigenvalue weighted by molar-refractivity contribution is 1.06. The van der Waals surface area contributed by atoms with Crippen LogP contribution in [-0.2, 0) is 13.0 Å². The van der Waals surface area contributed by atoms with Gasteiger partial charge in [0.15, 0.2) is 0 Å². The van der Waals surface area contributed by atoms with E-state index in [2.05, 4.69) is 27.2 Å². The largest absolute Gasteiger partial charge is 0.384 e. The van der Waals surface area contributed by atoms with E-state index in [-0.39, 0.29) is 0 Å². The number of anilines is 2. The van der Waals surface area contributed by atoms with Crippen LogP contribution >= 0.6 is 11.3 Å². The van der Waals surface area contributed by atoms with Gasteiger partial charge < -0.3 is 11.1 Å². The molecule has 3 N–H and O–H groups in total. The molecule has 0 atom stereocenters. The minimum atomic E-state index is 0.464. The lowest BCUT2D eigenvalue weighted by Crippen LogP contribution is -2.02. The Morgan fingerprint density at radius 1 is 1.38 bits per heavy atom. The Kier molecular flexibility index (Phi) is 3.31. The molecule has 0 saturated heterocycles. The molecule has 0 radical (unpaired) electrons. The van der Waals surface area contributed by atoms with Crippen molar-refractivity contribution in [3.8, 4) is 0 Å². The van der Waals surface area contributed by atoms with Crippen molar-refractivity contribution in [3.05, 3.63) is 28.5 Å². The summed E-state index contributed by atoms with van der Waals surface area (Å²) in [6, 6.07) is 1.70. The number of nitrogens with zero attached hydrogens (tertiary/aromatic N) is 3. The summed E-state index contributed by atoms with van der Waals surface area (Å²) in [5, 5.41) is 4.21. The smallest absolute Gasteiger partial charge is 0.131 e. The first-order valence-corrected chi connectivity index (χ1v) is 5.84. The molecule has 0 aliphatic carbocycles. The minimum Gasteiger partial charge on any atom is -0.384 e. The van der Waals surface area contributed by atoms with E-state index in [1.54, 1.807) is 17.4 Å². The third-order valence-corrected chi connectivity index (χ3v) is 3.20. The van der Waals surface area contributed by atoms with Crippen molar-refractivity contribution in [2.75, 3.05) is 11.1 Å². The molecular formula is C10H13N5S. The summed E-state index contributed by atoms with van der Waals surface area (Å²) < 4.78 is 0. The average Bonchev–Trinajstić information content (AvgIpc) is 2.74. The molecule has 6 heteroatoms. The van der Waals surface area contributed by atoms with Gasteiger partial charge in [-0.2, -0.15) is 0 Å². The van der Waals surface area contributed by atoms with Crippen LogP contribution in [0.1, 0.15) is 16.8 Å². The predicted molar refractivity (Wildman–Crippen MR) is 65.3 cm³/mol. The topological polar surface area (TPSA) is 76.7 Å². The molecule has 0 spiro atoms. The molecule has 0 aliphatic heterocycles. The summed E-state index contributed by atoms with van der Waals surface area (Å²) >= 11 is 1.71. The van der Waals surface area contributed by atoms with Crippen molar-refractivity contribution in [1.82, 2.24) is 15.0 Å². The molecular weight excluding hydrogens is 222 g/mol. The summed E-state index contributed by atoms with van der Waals surface area (Å²) in [5.41, 5.74) is 5.55. The summed E-state index contributed by atoms with van der Waals surface area (Å²) in [6.07, 6.45) is 4.38. The normalized spacial score (nSPS) is 10.3. The van der Waals surface area contributed by atoms with Gasteiger partial charge in [0.2, 0.25) is 0 Å². The Labute approximate surface area is 97.8 Å². The second-order valence-corrected chi connectivity index (χ2v) is 4.46. The second-order valence-electron chi connectivity index (χ2n) is 3.26. The van der Waals surface area contributed by atoms with E-state index in [9.17, 15) is 0 Å². The van der Waals surface area contributed by atoms with Gasteiger partial charge in [0.05, 0.1) is 6.54 Å².